The predicted octanol–water partition coefficient (Wildman–Crippen LogP) is 1.98. The summed E-state index contributed by atoms with van der Waals surface area (Å²) in [5.74, 6) is 1.44. The Morgan fingerprint density at radius 3 is 2.20 bits per heavy atom. The lowest BCUT2D eigenvalue weighted by atomic mass is 10.5. The number of oxazole rings is 3. The largest absolute Gasteiger partial charge is 0.442 e. The molecule has 0 bridgehead atoms. The highest BCUT2D eigenvalue weighted by molar-refractivity contribution is 5.47. The molecule has 0 amide bonds. The van der Waals surface area contributed by atoms with Crippen LogP contribution in [0.15, 0.2) is 44.4 Å². The molecule has 3 heterocycles. The quantitative estimate of drug-likeness (QED) is 0.633. The normalized spacial score (nSPS) is 10.7. The second kappa shape index (κ2) is 3.09. The van der Waals surface area contributed by atoms with Gasteiger partial charge >= 0.3 is 0 Å². The summed E-state index contributed by atoms with van der Waals surface area (Å²) >= 11 is 0. The van der Waals surface area contributed by atoms with Crippen molar-refractivity contribution < 1.29 is 13.3 Å². The van der Waals surface area contributed by atoms with Crippen molar-refractivity contribution >= 4 is 0 Å². The summed E-state index contributed by atoms with van der Waals surface area (Å²) < 4.78 is 15.4. The van der Waals surface area contributed by atoms with Gasteiger partial charge in [0.2, 0.25) is 5.76 Å². The SMILES string of the molecule is c1coc(-c2cnc(-c3ncco3)o2)n1. The highest BCUT2D eigenvalue weighted by Gasteiger charge is 2.13. The van der Waals surface area contributed by atoms with Gasteiger partial charge in [0.15, 0.2) is 0 Å². The lowest BCUT2D eigenvalue weighted by molar-refractivity contribution is 0.495. The Morgan fingerprint density at radius 2 is 1.53 bits per heavy atom. The Labute approximate surface area is 83.6 Å². The molecule has 3 aromatic rings. The lowest BCUT2D eigenvalue weighted by Crippen LogP contribution is -1.73. The topological polar surface area (TPSA) is 78.1 Å². The van der Waals surface area contributed by atoms with Crippen LogP contribution in [0.1, 0.15) is 0 Å². The molecule has 0 aromatic carbocycles. The molecule has 15 heavy (non-hydrogen) atoms. The Morgan fingerprint density at radius 1 is 0.800 bits per heavy atom. The van der Waals surface area contributed by atoms with Crippen LogP contribution in [0.3, 0.4) is 0 Å². The molecule has 0 aliphatic carbocycles. The Hall–Kier alpha value is -2.37. The van der Waals surface area contributed by atoms with Crippen LogP contribution in [-0.4, -0.2) is 15.0 Å². The maximum atomic E-state index is 5.35. The van der Waals surface area contributed by atoms with E-state index >= 15 is 0 Å². The minimum atomic E-state index is 0.299. The zero-order chi connectivity index (χ0) is 10.1. The first-order valence-electron chi connectivity index (χ1n) is 4.19. The molecule has 0 saturated carbocycles. The van der Waals surface area contributed by atoms with E-state index < -0.39 is 0 Å². The molecule has 0 unspecified atom stereocenters. The number of nitrogens with zero attached hydrogens (tertiary/aromatic N) is 3. The number of aromatic nitrogens is 3. The molecule has 0 fully saturated rings. The van der Waals surface area contributed by atoms with Crippen LogP contribution in [-0.2, 0) is 0 Å². The van der Waals surface area contributed by atoms with Crippen molar-refractivity contribution in [1.82, 2.24) is 15.0 Å². The van der Waals surface area contributed by atoms with Crippen molar-refractivity contribution in [2.75, 3.05) is 0 Å². The summed E-state index contributed by atoms with van der Waals surface area (Å²) in [6, 6.07) is 0. The van der Waals surface area contributed by atoms with Crippen LogP contribution in [0.25, 0.3) is 23.4 Å². The maximum Gasteiger partial charge on any atom is 0.284 e. The predicted molar refractivity (Wildman–Crippen MR) is 47.5 cm³/mol. The first-order valence-corrected chi connectivity index (χ1v) is 4.19. The molecule has 3 aromatic heterocycles. The van der Waals surface area contributed by atoms with Crippen molar-refractivity contribution in [1.29, 1.82) is 0 Å². The summed E-state index contributed by atoms with van der Waals surface area (Å²) in [6.07, 6.45) is 7.46. The van der Waals surface area contributed by atoms with Gasteiger partial charge in [-0.1, -0.05) is 0 Å². The molecule has 0 aliphatic rings. The van der Waals surface area contributed by atoms with E-state index in [1.165, 1.54) is 31.1 Å². The molecule has 6 heteroatoms. The van der Waals surface area contributed by atoms with Gasteiger partial charge in [0.05, 0.1) is 18.6 Å². The third kappa shape index (κ3) is 1.32. The molecule has 0 N–H and O–H groups in total. The van der Waals surface area contributed by atoms with Crippen LogP contribution < -0.4 is 0 Å². The molecule has 0 atom stereocenters. The monoisotopic (exact) mass is 203 g/mol. The molecule has 3 rings (SSSR count). The van der Waals surface area contributed by atoms with Crippen LogP contribution in [0, 0.1) is 0 Å². The summed E-state index contributed by atoms with van der Waals surface area (Å²) in [5, 5.41) is 0. The minimum Gasteiger partial charge on any atom is -0.442 e. The van der Waals surface area contributed by atoms with E-state index in [9.17, 15) is 0 Å². The summed E-state index contributed by atoms with van der Waals surface area (Å²) in [4.78, 5) is 11.8. The molecular formula is C9H5N3O3. The molecule has 74 valence electrons. The molecule has 0 spiro atoms. The average molecular weight is 203 g/mol. The zero-order valence-corrected chi connectivity index (χ0v) is 7.45. The second-order valence-electron chi connectivity index (χ2n) is 2.70. The molecule has 6 nitrogen and oxygen atoms in total. The Balaban J connectivity index is 2.02. The third-order valence-corrected chi connectivity index (χ3v) is 1.76. The van der Waals surface area contributed by atoms with Gasteiger partial charge in [0, 0.05) is 0 Å². The van der Waals surface area contributed by atoms with Gasteiger partial charge in [0.25, 0.3) is 17.7 Å². The summed E-state index contributed by atoms with van der Waals surface area (Å²) in [5.41, 5.74) is 0. The van der Waals surface area contributed by atoms with E-state index in [2.05, 4.69) is 15.0 Å². The van der Waals surface area contributed by atoms with Crippen molar-refractivity contribution in [3.63, 3.8) is 0 Å². The first kappa shape index (κ1) is 7.98. The fourth-order valence-electron chi connectivity index (χ4n) is 1.15. The fourth-order valence-corrected chi connectivity index (χ4v) is 1.15. The van der Waals surface area contributed by atoms with Crippen molar-refractivity contribution in [3.8, 4) is 23.4 Å². The summed E-state index contributed by atoms with van der Waals surface area (Å²) in [7, 11) is 0. The van der Waals surface area contributed by atoms with Gasteiger partial charge in [-0.3, -0.25) is 0 Å². The van der Waals surface area contributed by atoms with E-state index in [-0.39, 0.29) is 0 Å². The molecular weight excluding hydrogens is 198 g/mol. The first-order chi connectivity index (χ1) is 7.43. The fraction of sp³-hybridized carbons (Fsp3) is 0. The number of hydrogen-bond acceptors (Lipinski definition) is 6. The standard InChI is InChI=1S/C9H5N3O3/c1-3-13-7(10-1)6-5-12-9(15-6)8-11-2-4-14-8/h1-5H. The van der Waals surface area contributed by atoms with E-state index in [1.807, 2.05) is 0 Å². The van der Waals surface area contributed by atoms with Gasteiger partial charge in [-0.05, 0) is 0 Å². The van der Waals surface area contributed by atoms with Crippen LogP contribution in [0.2, 0.25) is 0 Å². The maximum absolute atomic E-state index is 5.35. The van der Waals surface area contributed by atoms with Gasteiger partial charge in [-0.2, -0.15) is 0 Å². The Kier molecular flexibility index (Phi) is 1.64. The highest BCUT2D eigenvalue weighted by atomic mass is 16.4. The number of rotatable bonds is 2. The second-order valence-corrected chi connectivity index (χ2v) is 2.70. The minimum absolute atomic E-state index is 0.299. The van der Waals surface area contributed by atoms with Gasteiger partial charge in [-0.25, -0.2) is 15.0 Å². The van der Waals surface area contributed by atoms with E-state index in [4.69, 9.17) is 13.3 Å². The van der Waals surface area contributed by atoms with Gasteiger partial charge in [-0.15, -0.1) is 0 Å². The molecule has 0 saturated heterocycles. The van der Waals surface area contributed by atoms with Crippen LogP contribution >= 0.6 is 0 Å². The van der Waals surface area contributed by atoms with Crippen molar-refractivity contribution in [2.24, 2.45) is 0 Å². The van der Waals surface area contributed by atoms with Gasteiger partial charge < -0.3 is 13.3 Å². The molecule has 0 radical (unpaired) electrons. The van der Waals surface area contributed by atoms with Crippen LogP contribution in [0.5, 0.6) is 0 Å². The van der Waals surface area contributed by atoms with E-state index in [0.717, 1.165) is 0 Å². The zero-order valence-electron chi connectivity index (χ0n) is 7.45. The van der Waals surface area contributed by atoms with Gasteiger partial charge in [0.1, 0.15) is 12.5 Å². The van der Waals surface area contributed by atoms with E-state index in [1.54, 1.807) is 0 Å². The third-order valence-electron chi connectivity index (χ3n) is 1.76. The van der Waals surface area contributed by atoms with Crippen molar-refractivity contribution in [2.45, 2.75) is 0 Å². The smallest absolute Gasteiger partial charge is 0.284 e. The Bertz CT molecular complexity index is 490. The van der Waals surface area contributed by atoms with E-state index in [0.29, 0.717) is 23.4 Å². The summed E-state index contributed by atoms with van der Waals surface area (Å²) in [6.45, 7) is 0. The molecule has 0 aliphatic heterocycles. The lowest BCUT2D eigenvalue weighted by Gasteiger charge is -1.86. The van der Waals surface area contributed by atoms with Crippen molar-refractivity contribution in [3.05, 3.63) is 31.1 Å². The highest BCUT2D eigenvalue weighted by Crippen LogP contribution is 2.23. The van der Waals surface area contributed by atoms with Crippen LogP contribution in [0.4, 0.5) is 0 Å². The average Bonchev–Trinajstić information content (AvgIpc) is 3.02. The number of hydrogen-bond donors (Lipinski definition) is 0.